The number of rotatable bonds is 5. The maximum absolute atomic E-state index is 12.6. The highest BCUT2D eigenvalue weighted by Crippen LogP contribution is 2.29. The fourth-order valence-electron chi connectivity index (χ4n) is 2.83. The second-order valence-electron chi connectivity index (χ2n) is 5.70. The van der Waals surface area contributed by atoms with Crippen molar-refractivity contribution in [3.05, 3.63) is 48.5 Å². The Morgan fingerprint density at radius 1 is 0.875 bits per heavy atom. The number of piperidine rings is 1. The fourth-order valence-corrected chi connectivity index (χ4v) is 4.10. The lowest BCUT2D eigenvalue weighted by atomic mass is 10.1. The Kier molecular flexibility index (Phi) is 5.65. The summed E-state index contributed by atoms with van der Waals surface area (Å²) in [6, 6.07) is 14.6. The van der Waals surface area contributed by atoms with Crippen molar-refractivity contribution in [1.29, 1.82) is 0 Å². The Hall–Kier alpha value is -1.70. The van der Waals surface area contributed by atoms with E-state index in [4.69, 9.17) is 5.14 Å². The highest BCUT2D eigenvalue weighted by molar-refractivity contribution is 7.86. The average Bonchev–Trinajstić information content (AvgIpc) is 2.63. The van der Waals surface area contributed by atoms with E-state index in [1.165, 1.54) is 19.3 Å². The highest BCUT2D eigenvalue weighted by atomic mass is 32.2. The average molecular weight is 364 g/mol. The molecule has 2 aromatic rings. The molecule has 7 heteroatoms. The van der Waals surface area contributed by atoms with Crippen LogP contribution in [0.1, 0.15) is 19.3 Å². The molecule has 0 spiro atoms. The first kappa shape index (κ1) is 17.1. The zero-order valence-corrected chi connectivity index (χ0v) is 14.9. The molecule has 1 saturated heterocycles. The summed E-state index contributed by atoms with van der Waals surface area (Å²) >= 11 is 0. The van der Waals surface area contributed by atoms with E-state index in [0.717, 1.165) is 24.5 Å². The predicted octanol–water partition coefficient (Wildman–Crippen LogP) is 2.79. The molecule has 0 aromatic heterocycles. The van der Waals surface area contributed by atoms with E-state index in [0.29, 0.717) is 9.79 Å². The summed E-state index contributed by atoms with van der Waals surface area (Å²) in [6.07, 6.45) is 3.65. The van der Waals surface area contributed by atoms with Crippen LogP contribution in [0.3, 0.4) is 0 Å². The minimum atomic E-state index is -1.52. The maximum Gasteiger partial charge on any atom is 0.150 e. The number of nitrogens with two attached hydrogens (primary N) is 1. The van der Waals surface area contributed by atoms with Crippen LogP contribution in [-0.2, 0) is 22.0 Å². The Bertz CT molecular complexity index is 744. The van der Waals surface area contributed by atoms with Gasteiger partial charge in [-0.1, -0.05) is 12.1 Å². The Balaban J connectivity index is 1.77. The lowest BCUT2D eigenvalue weighted by molar-refractivity contribution is 0.578. The SMILES string of the molecule is NS(=O)c1ccc(S(=O)Nc2ccccc2N2CCCCC2)cc1. The van der Waals surface area contributed by atoms with Gasteiger partial charge in [0.25, 0.3) is 0 Å². The van der Waals surface area contributed by atoms with Crippen LogP contribution in [0.2, 0.25) is 0 Å². The topological polar surface area (TPSA) is 75.4 Å². The molecule has 0 saturated carbocycles. The monoisotopic (exact) mass is 363 g/mol. The largest absolute Gasteiger partial charge is 0.370 e. The summed E-state index contributed by atoms with van der Waals surface area (Å²) in [5.41, 5.74) is 1.95. The van der Waals surface area contributed by atoms with Gasteiger partial charge in [0.2, 0.25) is 0 Å². The number of nitrogens with zero attached hydrogens (tertiary/aromatic N) is 1. The van der Waals surface area contributed by atoms with Crippen molar-refractivity contribution in [2.75, 3.05) is 22.7 Å². The quantitative estimate of drug-likeness (QED) is 0.858. The lowest BCUT2D eigenvalue weighted by Gasteiger charge is -2.30. The van der Waals surface area contributed by atoms with Gasteiger partial charge < -0.3 is 4.90 Å². The van der Waals surface area contributed by atoms with Crippen LogP contribution in [0, 0.1) is 0 Å². The molecule has 1 aliphatic rings. The zero-order chi connectivity index (χ0) is 16.9. The van der Waals surface area contributed by atoms with E-state index in [2.05, 4.69) is 15.7 Å². The Morgan fingerprint density at radius 3 is 2.17 bits per heavy atom. The molecule has 0 aliphatic carbocycles. The van der Waals surface area contributed by atoms with E-state index in [-0.39, 0.29) is 0 Å². The van der Waals surface area contributed by atoms with E-state index in [9.17, 15) is 8.42 Å². The number of anilines is 2. The number of benzene rings is 2. The highest BCUT2D eigenvalue weighted by Gasteiger charge is 2.15. The molecule has 0 radical (unpaired) electrons. The van der Waals surface area contributed by atoms with Gasteiger partial charge in [-0.2, -0.15) is 0 Å². The van der Waals surface area contributed by atoms with Gasteiger partial charge in [-0.15, -0.1) is 0 Å². The van der Waals surface area contributed by atoms with Gasteiger partial charge in [-0.05, 0) is 55.7 Å². The molecule has 1 fully saturated rings. The van der Waals surface area contributed by atoms with Crippen LogP contribution in [-0.4, -0.2) is 21.5 Å². The van der Waals surface area contributed by atoms with Gasteiger partial charge in [0.15, 0.2) is 0 Å². The molecule has 1 aliphatic heterocycles. The first-order chi connectivity index (χ1) is 11.6. The summed E-state index contributed by atoms with van der Waals surface area (Å²) in [6.45, 7) is 2.06. The van der Waals surface area contributed by atoms with Crippen LogP contribution < -0.4 is 14.8 Å². The van der Waals surface area contributed by atoms with Crippen LogP contribution in [0.4, 0.5) is 11.4 Å². The number of hydrogen-bond donors (Lipinski definition) is 2. The molecule has 2 atom stereocenters. The summed E-state index contributed by atoms with van der Waals surface area (Å²) in [7, 11) is -2.91. The Labute approximate surface area is 147 Å². The van der Waals surface area contributed by atoms with Crippen molar-refractivity contribution in [3.63, 3.8) is 0 Å². The molecule has 2 unspecified atom stereocenters. The lowest BCUT2D eigenvalue weighted by Crippen LogP contribution is -2.30. The van der Waals surface area contributed by atoms with Crippen molar-refractivity contribution in [3.8, 4) is 0 Å². The van der Waals surface area contributed by atoms with E-state index < -0.39 is 22.0 Å². The van der Waals surface area contributed by atoms with Crippen LogP contribution in [0.5, 0.6) is 0 Å². The summed E-state index contributed by atoms with van der Waals surface area (Å²) < 4.78 is 26.9. The third-order valence-electron chi connectivity index (χ3n) is 4.07. The molecule has 0 bridgehead atoms. The number of hydrogen-bond acceptors (Lipinski definition) is 3. The normalized spacial score (nSPS) is 17.3. The van der Waals surface area contributed by atoms with E-state index in [1.807, 2.05) is 18.2 Å². The van der Waals surface area contributed by atoms with Gasteiger partial charge in [-0.25, -0.2) is 13.6 Å². The van der Waals surface area contributed by atoms with Crippen molar-refractivity contribution in [2.45, 2.75) is 29.1 Å². The molecular weight excluding hydrogens is 342 g/mol. The standard InChI is InChI=1S/C17H21N3O2S2/c18-23(21)14-8-10-15(11-9-14)24(22)19-16-6-2-3-7-17(16)20-12-4-1-5-13-20/h2-3,6-11,19H,1,4-5,12-13,18H2. The molecule has 3 N–H and O–H groups in total. The summed E-state index contributed by atoms with van der Waals surface area (Å²) in [5.74, 6) is 0. The van der Waals surface area contributed by atoms with E-state index >= 15 is 0 Å². The molecular formula is C17H21N3O2S2. The molecule has 1 heterocycles. The smallest absolute Gasteiger partial charge is 0.150 e. The fraction of sp³-hybridized carbons (Fsp3) is 0.294. The van der Waals surface area contributed by atoms with Crippen LogP contribution in [0.25, 0.3) is 0 Å². The first-order valence-electron chi connectivity index (χ1n) is 7.94. The second-order valence-corrected chi connectivity index (χ2v) is 7.98. The minimum Gasteiger partial charge on any atom is -0.370 e. The third kappa shape index (κ3) is 4.03. The van der Waals surface area contributed by atoms with Gasteiger partial charge in [0.05, 0.1) is 21.2 Å². The van der Waals surface area contributed by atoms with Crippen molar-refractivity contribution in [2.24, 2.45) is 5.14 Å². The molecule has 0 amide bonds. The summed E-state index contributed by atoms with van der Waals surface area (Å²) in [4.78, 5) is 3.48. The minimum absolute atomic E-state index is 0.518. The number of para-hydroxylation sites is 2. The molecule has 2 aromatic carbocycles. The maximum atomic E-state index is 12.6. The van der Waals surface area contributed by atoms with Crippen LogP contribution >= 0.6 is 0 Å². The van der Waals surface area contributed by atoms with Gasteiger partial charge in [0.1, 0.15) is 22.0 Å². The van der Waals surface area contributed by atoms with E-state index in [1.54, 1.807) is 24.3 Å². The Morgan fingerprint density at radius 2 is 1.50 bits per heavy atom. The van der Waals surface area contributed by atoms with Crippen molar-refractivity contribution < 1.29 is 8.42 Å². The second kappa shape index (κ2) is 7.92. The first-order valence-corrected chi connectivity index (χ1v) is 10.3. The van der Waals surface area contributed by atoms with Crippen molar-refractivity contribution in [1.82, 2.24) is 0 Å². The van der Waals surface area contributed by atoms with Gasteiger partial charge in [-0.3, -0.25) is 4.72 Å². The van der Waals surface area contributed by atoms with Gasteiger partial charge >= 0.3 is 0 Å². The van der Waals surface area contributed by atoms with Crippen molar-refractivity contribution >= 4 is 33.3 Å². The summed E-state index contributed by atoms with van der Waals surface area (Å²) in [5, 5.41) is 5.34. The molecule has 128 valence electrons. The molecule has 5 nitrogen and oxygen atoms in total. The van der Waals surface area contributed by atoms with Crippen LogP contribution in [0.15, 0.2) is 58.3 Å². The zero-order valence-electron chi connectivity index (χ0n) is 13.3. The number of nitrogens with one attached hydrogen (secondary N) is 1. The van der Waals surface area contributed by atoms with Gasteiger partial charge in [0, 0.05) is 13.1 Å². The predicted molar refractivity (Wildman–Crippen MR) is 99.6 cm³/mol. The molecule has 3 rings (SSSR count). The molecule has 24 heavy (non-hydrogen) atoms. The third-order valence-corrected chi connectivity index (χ3v) is 5.92.